The molecule has 2 aliphatic heterocycles. The summed E-state index contributed by atoms with van der Waals surface area (Å²) in [6.45, 7) is 3.44. The van der Waals surface area contributed by atoms with Crippen molar-refractivity contribution in [2.24, 2.45) is 0 Å². The number of aryl methyl sites for hydroxylation is 1. The smallest absolute Gasteiger partial charge is 0.252 e. The predicted molar refractivity (Wildman–Crippen MR) is 103 cm³/mol. The van der Waals surface area contributed by atoms with E-state index >= 15 is 0 Å². The summed E-state index contributed by atoms with van der Waals surface area (Å²) >= 11 is 0. The summed E-state index contributed by atoms with van der Waals surface area (Å²) in [6, 6.07) is 13.6. The third-order valence-electron chi connectivity index (χ3n) is 5.84. The molecule has 2 aromatic carbocycles. The minimum atomic E-state index is -0.229. The van der Waals surface area contributed by atoms with Crippen LogP contribution in [-0.4, -0.2) is 28.2 Å². The highest BCUT2D eigenvalue weighted by atomic mass is 16.2. The lowest BCUT2D eigenvalue weighted by atomic mass is 10.00. The van der Waals surface area contributed by atoms with Crippen molar-refractivity contribution in [2.45, 2.75) is 32.4 Å². The number of rotatable bonds is 2. The fourth-order valence-corrected chi connectivity index (χ4v) is 4.38. The van der Waals surface area contributed by atoms with Crippen molar-refractivity contribution >= 4 is 22.7 Å². The highest BCUT2D eigenvalue weighted by Crippen LogP contribution is 2.32. The molecule has 3 heterocycles. The first-order chi connectivity index (χ1) is 13.1. The van der Waals surface area contributed by atoms with Crippen molar-refractivity contribution in [3.05, 3.63) is 70.4 Å². The number of H-pyrrole nitrogens is 1. The van der Waals surface area contributed by atoms with Crippen molar-refractivity contribution in [3.63, 3.8) is 0 Å². The first kappa shape index (κ1) is 16.1. The molecule has 2 N–H and O–H groups in total. The molecule has 0 saturated carbocycles. The fourth-order valence-electron chi connectivity index (χ4n) is 4.38. The zero-order chi connectivity index (χ0) is 18.5. The number of carbonyl (C=O) groups excluding carboxylic acids is 2. The summed E-state index contributed by atoms with van der Waals surface area (Å²) in [5, 5.41) is 4.16. The average molecular weight is 359 g/mol. The summed E-state index contributed by atoms with van der Waals surface area (Å²) < 4.78 is 0. The molecule has 0 radical (unpaired) electrons. The van der Waals surface area contributed by atoms with Gasteiger partial charge in [0.05, 0.1) is 12.5 Å². The Morgan fingerprint density at radius 2 is 2.04 bits per heavy atom. The van der Waals surface area contributed by atoms with Crippen LogP contribution in [-0.2, 0) is 17.8 Å². The normalized spacial score (nSPS) is 18.3. The van der Waals surface area contributed by atoms with Crippen LogP contribution in [0.1, 0.15) is 45.2 Å². The summed E-state index contributed by atoms with van der Waals surface area (Å²) in [7, 11) is 0. The number of fused-ring (bicyclic) bond motifs is 4. The molecule has 0 fully saturated rings. The number of nitrogens with zero attached hydrogens (tertiary/aromatic N) is 1. The molecule has 5 rings (SSSR count). The molecule has 2 amide bonds. The molecule has 1 aromatic heterocycles. The maximum absolute atomic E-state index is 13.0. The molecular formula is C22H21N3O2. The predicted octanol–water partition coefficient (Wildman–Crippen LogP) is 3.24. The minimum absolute atomic E-state index is 0.0866. The summed E-state index contributed by atoms with van der Waals surface area (Å²) in [6.07, 6.45) is 1.14. The number of aromatic amines is 1. The lowest BCUT2D eigenvalue weighted by Crippen LogP contribution is -2.37. The molecule has 5 nitrogen and oxygen atoms in total. The van der Waals surface area contributed by atoms with Gasteiger partial charge in [0.15, 0.2) is 0 Å². The van der Waals surface area contributed by atoms with E-state index in [2.05, 4.69) is 35.4 Å². The zero-order valence-electron chi connectivity index (χ0n) is 15.2. The van der Waals surface area contributed by atoms with E-state index in [0.29, 0.717) is 25.1 Å². The second-order valence-electron chi connectivity index (χ2n) is 7.46. The van der Waals surface area contributed by atoms with Crippen molar-refractivity contribution < 1.29 is 9.59 Å². The number of amides is 2. The molecule has 0 unspecified atom stereocenters. The largest absolute Gasteiger partial charge is 0.358 e. The van der Waals surface area contributed by atoms with Gasteiger partial charge in [0.2, 0.25) is 5.91 Å². The van der Waals surface area contributed by atoms with Crippen LogP contribution in [0.2, 0.25) is 0 Å². The Kier molecular flexibility index (Phi) is 3.57. The number of aromatic nitrogens is 1. The molecule has 136 valence electrons. The zero-order valence-corrected chi connectivity index (χ0v) is 15.2. The van der Waals surface area contributed by atoms with E-state index < -0.39 is 0 Å². The number of carbonyl (C=O) groups is 2. The van der Waals surface area contributed by atoms with Gasteiger partial charge in [-0.25, -0.2) is 0 Å². The van der Waals surface area contributed by atoms with Crippen LogP contribution < -0.4 is 5.32 Å². The molecular weight excluding hydrogens is 338 g/mol. The van der Waals surface area contributed by atoms with E-state index in [1.54, 1.807) is 0 Å². The van der Waals surface area contributed by atoms with Crippen molar-refractivity contribution in [2.75, 3.05) is 6.54 Å². The second-order valence-corrected chi connectivity index (χ2v) is 7.46. The highest BCUT2D eigenvalue weighted by molar-refractivity contribution is 5.99. The first-order valence-electron chi connectivity index (χ1n) is 9.38. The van der Waals surface area contributed by atoms with E-state index in [0.717, 1.165) is 12.0 Å². The quantitative estimate of drug-likeness (QED) is 0.738. The summed E-state index contributed by atoms with van der Waals surface area (Å²) in [4.78, 5) is 30.5. The molecule has 0 bridgehead atoms. The van der Waals surface area contributed by atoms with Crippen LogP contribution >= 0.6 is 0 Å². The third kappa shape index (κ3) is 2.53. The summed E-state index contributed by atoms with van der Waals surface area (Å²) in [5.74, 6) is 0.00101. The van der Waals surface area contributed by atoms with Gasteiger partial charge in [-0.2, -0.15) is 0 Å². The van der Waals surface area contributed by atoms with Crippen LogP contribution in [0.25, 0.3) is 10.9 Å². The molecule has 1 atom stereocenters. The second kappa shape index (κ2) is 5.98. The Labute approximate surface area is 157 Å². The van der Waals surface area contributed by atoms with Gasteiger partial charge >= 0.3 is 0 Å². The van der Waals surface area contributed by atoms with E-state index in [9.17, 15) is 9.59 Å². The Balaban J connectivity index is 1.38. The molecule has 27 heavy (non-hydrogen) atoms. The Bertz CT molecular complexity index is 1080. The van der Waals surface area contributed by atoms with E-state index in [-0.39, 0.29) is 17.9 Å². The van der Waals surface area contributed by atoms with Crippen molar-refractivity contribution in [1.29, 1.82) is 0 Å². The lowest BCUT2D eigenvalue weighted by molar-refractivity contribution is -0.132. The van der Waals surface area contributed by atoms with Gasteiger partial charge in [-0.05, 0) is 24.1 Å². The van der Waals surface area contributed by atoms with E-state index in [1.807, 2.05) is 29.2 Å². The molecule has 2 aliphatic rings. The Hall–Kier alpha value is -3.08. The number of nitrogens with one attached hydrogen (secondary N) is 2. The molecule has 0 saturated heterocycles. The van der Waals surface area contributed by atoms with Gasteiger partial charge in [-0.15, -0.1) is 0 Å². The molecule has 5 heteroatoms. The topological polar surface area (TPSA) is 65.2 Å². The Morgan fingerprint density at radius 1 is 1.19 bits per heavy atom. The van der Waals surface area contributed by atoms with Gasteiger partial charge in [-0.3, -0.25) is 9.59 Å². The SMILES string of the molecule is Cc1cccc2c3c([nH]c12)CCN(C(=O)C[C@@H]1NC(=O)c2ccccc21)C3. The number of para-hydroxylation sites is 1. The minimum Gasteiger partial charge on any atom is -0.358 e. The maximum Gasteiger partial charge on any atom is 0.252 e. The fraction of sp³-hybridized carbons (Fsp3) is 0.273. The number of hydrogen-bond donors (Lipinski definition) is 2. The highest BCUT2D eigenvalue weighted by Gasteiger charge is 2.32. The van der Waals surface area contributed by atoms with Crippen molar-refractivity contribution in [3.8, 4) is 0 Å². The van der Waals surface area contributed by atoms with E-state index in [4.69, 9.17) is 0 Å². The van der Waals surface area contributed by atoms with Gasteiger partial charge in [-0.1, -0.05) is 36.4 Å². The van der Waals surface area contributed by atoms with Gasteiger partial charge < -0.3 is 15.2 Å². The van der Waals surface area contributed by atoms with Crippen LogP contribution in [0.5, 0.6) is 0 Å². The molecule has 0 aliphatic carbocycles. The van der Waals surface area contributed by atoms with E-state index in [1.165, 1.54) is 27.7 Å². The summed E-state index contributed by atoms with van der Waals surface area (Å²) in [5.41, 5.74) is 6.48. The number of hydrogen-bond acceptors (Lipinski definition) is 2. The standard InChI is InChI=1S/C22H21N3O2/c1-13-5-4-8-15-17-12-25(10-9-18(17)23-21(13)15)20(26)11-19-14-6-2-3-7-16(14)22(27)24-19/h2-8,19,23H,9-12H2,1H3,(H,24,27)/t19-/m0/s1. The Morgan fingerprint density at radius 3 is 2.93 bits per heavy atom. The van der Waals surface area contributed by atoms with Crippen LogP contribution in [0.3, 0.4) is 0 Å². The van der Waals surface area contributed by atoms with Gasteiger partial charge in [0, 0.05) is 47.2 Å². The van der Waals surface area contributed by atoms with Gasteiger partial charge in [0.25, 0.3) is 5.91 Å². The van der Waals surface area contributed by atoms with Crippen LogP contribution in [0, 0.1) is 6.92 Å². The van der Waals surface area contributed by atoms with Crippen LogP contribution in [0.15, 0.2) is 42.5 Å². The van der Waals surface area contributed by atoms with Gasteiger partial charge in [0.1, 0.15) is 0 Å². The maximum atomic E-state index is 13.0. The molecule has 3 aromatic rings. The third-order valence-corrected chi connectivity index (χ3v) is 5.84. The first-order valence-corrected chi connectivity index (χ1v) is 9.38. The monoisotopic (exact) mass is 359 g/mol. The molecule has 0 spiro atoms. The average Bonchev–Trinajstić information content (AvgIpc) is 3.21. The van der Waals surface area contributed by atoms with Crippen molar-refractivity contribution in [1.82, 2.24) is 15.2 Å². The lowest BCUT2D eigenvalue weighted by Gasteiger charge is -2.28. The number of benzene rings is 2. The van der Waals surface area contributed by atoms with Crippen LogP contribution in [0.4, 0.5) is 0 Å².